The molecule has 2 saturated heterocycles. The van der Waals surface area contributed by atoms with Crippen molar-refractivity contribution in [3.05, 3.63) is 0 Å². The average molecular weight is 602 g/mol. The fraction of sp³-hybridized carbons (Fsp3) is 0. The number of hydrogen-bond donors (Lipinski definition) is 0. The third kappa shape index (κ3) is 8.61. The van der Waals surface area contributed by atoms with Crippen molar-refractivity contribution in [3.63, 3.8) is 0 Å². The fourth-order valence-electron chi connectivity index (χ4n) is 0.957. The first-order valence-corrected chi connectivity index (χ1v) is 12.7. The van der Waals surface area contributed by atoms with E-state index in [2.05, 4.69) is 17.1 Å². The van der Waals surface area contributed by atoms with Gasteiger partial charge in [-0.05, 0) is 0 Å². The van der Waals surface area contributed by atoms with E-state index in [1.807, 2.05) is 0 Å². The van der Waals surface area contributed by atoms with Gasteiger partial charge in [-0.3, -0.25) is 0 Å². The van der Waals surface area contributed by atoms with Gasteiger partial charge in [0.1, 0.15) is 0 Å². The van der Waals surface area contributed by atoms with Crippen LogP contribution in [0.2, 0.25) is 0 Å². The molecule has 12 N–H and O–H groups in total. The van der Waals surface area contributed by atoms with E-state index in [0.29, 0.717) is 0 Å². The van der Waals surface area contributed by atoms with Crippen molar-refractivity contribution in [2.45, 2.75) is 0 Å². The number of carbonyl (C=O) groups excluding carboxylic acids is 6. The van der Waals surface area contributed by atoms with Gasteiger partial charge < -0.3 is 32.9 Å². The van der Waals surface area contributed by atoms with Gasteiger partial charge in [-0.25, -0.2) is 0 Å². The molecule has 2 rings (SSSR count). The second kappa shape index (κ2) is 14.5. The molecule has 2 aliphatic rings. The van der Waals surface area contributed by atoms with E-state index in [9.17, 15) is 28.8 Å². The Kier molecular flexibility index (Phi) is 19.7. The molecule has 20 heteroatoms. The van der Waals surface area contributed by atoms with E-state index in [1.54, 1.807) is 0 Å². The summed E-state index contributed by atoms with van der Waals surface area (Å²) in [4.78, 5) is 64.9. The molecular weight excluding hydrogens is 590 g/mol. The summed E-state index contributed by atoms with van der Waals surface area (Å²) in [6, 6.07) is 0. The van der Waals surface area contributed by atoms with Crippen LogP contribution in [0.25, 0.3) is 0 Å². The van der Waals surface area contributed by atoms with E-state index in [0.717, 1.165) is 0 Å². The van der Waals surface area contributed by atoms with Crippen LogP contribution in [-0.4, -0.2) is 114 Å². The molecule has 0 radical (unpaired) electrons. The third-order valence-electron chi connectivity index (χ3n) is 1.72. The zero-order chi connectivity index (χ0) is 14.9. The molecule has 0 atom stereocenters. The Morgan fingerprint density at radius 1 is 0.538 bits per heavy atom. The maximum atomic E-state index is 11.2. The molecule has 18 nitrogen and oxygen atoms in total. The minimum absolute atomic E-state index is 0. The van der Waals surface area contributed by atoms with Gasteiger partial charge in [-0.2, -0.15) is 0 Å². The van der Waals surface area contributed by atoms with Crippen molar-refractivity contribution in [3.8, 4) is 0 Å². The van der Waals surface area contributed by atoms with Crippen LogP contribution in [0.5, 0.6) is 0 Å². The second-order valence-corrected chi connectivity index (χ2v) is 10.3. The SMILES string of the molecule is O.O.O.O.O.O.O=C1[O][In]([O]C(=O)C(=O)[O][In]2[O]C(=O)C(=O)[O]2)[O]C1=O. The number of rotatable bonds is 2. The molecule has 0 amide bonds. The topological polar surface area (TPSA) is 347 Å². The zero-order valence-corrected chi connectivity index (χ0v) is 18.6. The number of hydrogen-bond acceptors (Lipinski definition) is 12. The van der Waals surface area contributed by atoms with Gasteiger partial charge in [0.25, 0.3) is 0 Å². The molecule has 150 valence electrons. The van der Waals surface area contributed by atoms with E-state index in [4.69, 9.17) is 0 Å². The molecule has 2 heterocycles. The Morgan fingerprint density at radius 3 is 0.923 bits per heavy atom. The standard InChI is InChI=1S/3C2H2O4.2In.6H2O/c3*3-1(4)2(5)6;;;;;;;;/h3*(H,3,4)(H,5,6);;;6*1H2/q;;;2*+3;;;;;;/p-6. The zero-order valence-electron chi connectivity index (χ0n) is 12.1. The second-order valence-electron chi connectivity index (χ2n) is 3.01. The first kappa shape index (κ1) is 35.4. The summed E-state index contributed by atoms with van der Waals surface area (Å²) in [6.45, 7) is 0. The van der Waals surface area contributed by atoms with Crippen molar-refractivity contribution in [1.29, 1.82) is 0 Å². The summed E-state index contributed by atoms with van der Waals surface area (Å²) in [5, 5.41) is 0. The van der Waals surface area contributed by atoms with Crippen LogP contribution < -0.4 is 0 Å². The molecule has 0 aliphatic carbocycles. The Morgan fingerprint density at radius 2 is 0.731 bits per heavy atom. The summed E-state index contributed by atoms with van der Waals surface area (Å²) < 4.78 is 25.9. The quantitative estimate of drug-likeness (QED) is 0.266. The maximum absolute atomic E-state index is 11.2. The fourth-order valence-corrected chi connectivity index (χ4v) is 6.42. The van der Waals surface area contributed by atoms with Crippen LogP contribution in [0.1, 0.15) is 0 Å². The van der Waals surface area contributed by atoms with Gasteiger partial charge in [0.05, 0.1) is 0 Å². The van der Waals surface area contributed by atoms with Crippen molar-refractivity contribution < 1.29 is 78.8 Å². The summed E-state index contributed by atoms with van der Waals surface area (Å²) in [6.07, 6.45) is 0. The van der Waals surface area contributed by atoms with Gasteiger partial charge in [0, 0.05) is 0 Å². The van der Waals surface area contributed by atoms with E-state index < -0.39 is 81.3 Å². The van der Waals surface area contributed by atoms with Crippen LogP contribution in [0.15, 0.2) is 0 Å². The van der Waals surface area contributed by atoms with Crippen LogP contribution in [0, 0.1) is 0 Å². The molecule has 0 bridgehead atoms. The predicted molar refractivity (Wildman–Crippen MR) is 69.7 cm³/mol. The van der Waals surface area contributed by atoms with Crippen LogP contribution in [0.4, 0.5) is 0 Å². The molecule has 0 aromatic heterocycles. The summed E-state index contributed by atoms with van der Waals surface area (Å²) in [7, 11) is 0. The van der Waals surface area contributed by atoms with Gasteiger partial charge in [-0.15, -0.1) is 0 Å². The molecule has 0 saturated carbocycles. The Balaban J connectivity index is -0.000000245. The van der Waals surface area contributed by atoms with E-state index >= 15 is 0 Å². The predicted octanol–water partition coefficient (Wildman–Crippen LogP) is -8.71. The first-order chi connectivity index (χ1) is 9.36. The summed E-state index contributed by atoms with van der Waals surface area (Å²) >= 11 is -8.29. The molecule has 0 spiro atoms. The minimum atomic E-state index is -4.15. The average Bonchev–Trinajstić information content (AvgIpc) is 2.83. The molecule has 0 unspecified atom stereocenters. The van der Waals surface area contributed by atoms with E-state index in [1.165, 1.54) is 0 Å². The van der Waals surface area contributed by atoms with Crippen LogP contribution >= 0.6 is 0 Å². The summed E-state index contributed by atoms with van der Waals surface area (Å²) in [5.41, 5.74) is 0. The molecule has 2 fully saturated rings. The van der Waals surface area contributed by atoms with Crippen molar-refractivity contribution >= 4 is 81.3 Å². The monoisotopic (exact) mass is 602 g/mol. The number of carbonyl (C=O) groups is 6. The van der Waals surface area contributed by atoms with Gasteiger partial charge in [0.2, 0.25) is 0 Å². The van der Waals surface area contributed by atoms with Crippen molar-refractivity contribution in [2.75, 3.05) is 0 Å². The van der Waals surface area contributed by atoms with Gasteiger partial charge >= 0.3 is 127 Å². The van der Waals surface area contributed by atoms with Crippen molar-refractivity contribution in [1.82, 2.24) is 0 Å². The van der Waals surface area contributed by atoms with Gasteiger partial charge in [-0.1, -0.05) is 0 Å². The molecule has 2 aliphatic heterocycles. The molecule has 0 aromatic carbocycles. The first-order valence-electron chi connectivity index (χ1n) is 4.61. The molecular formula is C6H12In2O18. The molecule has 0 aromatic rings. The normalized spacial score (nSPS) is 13.2. The Labute approximate surface area is 159 Å². The van der Waals surface area contributed by atoms with Crippen LogP contribution in [-0.2, 0) is 45.9 Å². The van der Waals surface area contributed by atoms with Crippen LogP contribution in [0.3, 0.4) is 0 Å². The Hall–Kier alpha value is -1.68. The summed E-state index contributed by atoms with van der Waals surface area (Å²) in [5.74, 6) is -8.47. The third-order valence-corrected chi connectivity index (χ3v) is 8.68. The molecule has 26 heavy (non-hydrogen) atoms. The van der Waals surface area contributed by atoms with Gasteiger partial charge in [0.15, 0.2) is 0 Å². The van der Waals surface area contributed by atoms with Crippen molar-refractivity contribution in [2.24, 2.45) is 0 Å². The van der Waals surface area contributed by atoms with E-state index in [-0.39, 0.29) is 32.9 Å². The Bertz CT molecular complexity index is 462.